The minimum absolute atomic E-state index is 0.0661. The van der Waals surface area contributed by atoms with Gasteiger partial charge in [0.25, 0.3) is 0 Å². The van der Waals surface area contributed by atoms with E-state index in [0.717, 1.165) is 17.8 Å². The average molecular weight is 386 g/mol. The van der Waals surface area contributed by atoms with Crippen molar-refractivity contribution in [2.45, 2.75) is 47.3 Å². The number of hydrogen-bond donors (Lipinski definition) is 1. The number of nitrogens with one attached hydrogen (secondary N) is 1. The maximum atomic E-state index is 12.3. The number of aryl methyl sites for hydroxylation is 2. The number of carbonyl (C=O) groups excluding carboxylic acids is 1. The third-order valence-electron chi connectivity index (χ3n) is 4.57. The first-order valence-electron chi connectivity index (χ1n) is 8.82. The van der Waals surface area contributed by atoms with Gasteiger partial charge in [-0.05, 0) is 27.7 Å². The molecule has 28 heavy (non-hydrogen) atoms. The third kappa shape index (κ3) is 3.77. The Labute approximate surface area is 161 Å². The Balaban J connectivity index is 1.65. The first kappa shape index (κ1) is 19.3. The van der Waals surface area contributed by atoms with Gasteiger partial charge in [0.2, 0.25) is 5.91 Å². The molecule has 1 N–H and O–H groups in total. The molecule has 3 aromatic heterocycles. The molecule has 0 unspecified atom stereocenters. The predicted molar refractivity (Wildman–Crippen MR) is 101 cm³/mol. The first-order chi connectivity index (χ1) is 13.3. The van der Waals surface area contributed by atoms with Gasteiger partial charge < -0.3 is 5.32 Å². The lowest BCUT2D eigenvalue weighted by Gasteiger charge is -2.04. The van der Waals surface area contributed by atoms with Crippen molar-refractivity contribution in [1.82, 2.24) is 29.3 Å². The first-order valence-corrected chi connectivity index (χ1v) is 8.82. The van der Waals surface area contributed by atoms with Crippen LogP contribution in [0.2, 0.25) is 0 Å². The molecule has 0 saturated heterocycles. The smallest absolute Gasteiger partial charge is 0.312 e. The number of anilines is 1. The second-order valence-electron chi connectivity index (χ2n) is 6.48. The van der Waals surface area contributed by atoms with E-state index < -0.39 is 4.92 Å². The molecular weight excluding hydrogens is 364 g/mol. The van der Waals surface area contributed by atoms with E-state index in [9.17, 15) is 14.9 Å². The Morgan fingerprint density at radius 1 is 1.18 bits per heavy atom. The van der Waals surface area contributed by atoms with Gasteiger partial charge in [-0.2, -0.15) is 15.3 Å². The summed E-state index contributed by atoms with van der Waals surface area (Å²) in [6, 6.07) is 0. The van der Waals surface area contributed by atoms with Crippen LogP contribution in [0.4, 0.5) is 11.4 Å². The summed E-state index contributed by atoms with van der Waals surface area (Å²) in [5.74, 6) is -0.338. The molecule has 0 spiro atoms. The molecule has 0 aliphatic heterocycles. The molecule has 0 aliphatic rings. The normalized spacial score (nSPS) is 11.0. The molecule has 0 bridgehead atoms. The van der Waals surface area contributed by atoms with Gasteiger partial charge in [0.05, 0.1) is 29.5 Å². The monoisotopic (exact) mass is 386 g/mol. The van der Waals surface area contributed by atoms with Crippen LogP contribution >= 0.6 is 0 Å². The highest BCUT2D eigenvalue weighted by Gasteiger charge is 2.22. The van der Waals surface area contributed by atoms with Crippen LogP contribution in [0.25, 0.3) is 0 Å². The van der Waals surface area contributed by atoms with Crippen molar-refractivity contribution in [3.63, 3.8) is 0 Å². The van der Waals surface area contributed by atoms with Crippen molar-refractivity contribution in [1.29, 1.82) is 0 Å². The number of amides is 1. The van der Waals surface area contributed by atoms with Crippen LogP contribution in [-0.4, -0.2) is 40.2 Å². The highest BCUT2D eigenvalue weighted by Crippen LogP contribution is 2.21. The quantitative estimate of drug-likeness (QED) is 0.487. The van der Waals surface area contributed by atoms with Crippen molar-refractivity contribution >= 4 is 17.3 Å². The van der Waals surface area contributed by atoms with E-state index in [-0.39, 0.29) is 23.8 Å². The van der Waals surface area contributed by atoms with Gasteiger partial charge in [-0.1, -0.05) is 0 Å². The summed E-state index contributed by atoms with van der Waals surface area (Å²) >= 11 is 0. The van der Waals surface area contributed by atoms with Crippen molar-refractivity contribution in [2.24, 2.45) is 0 Å². The summed E-state index contributed by atoms with van der Waals surface area (Å²) in [5, 5.41) is 26.5. The maximum absolute atomic E-state index is 12.3. The topological polar surface area (TPSA) is 126 Å². The van der Waals surface area contributed by atoms with Crippen LogP contribution in [0, 0.1) is 30.9 Å². The van der Waals surface area contributed by atoms with Crippen molar-refractivity contribution < 1.29 is 9.72 Å². The van der Waals surface area contributed by atoms with Crippen LogP contribution < -0.4 is 5.32 Å². The van der Waals surface area contributed by atoms with Crippen LogP contribution in [0.5, 0.6) is 0 Å². The highest BCUT2D eigenvalue weighted by molar-refractivity contribution is 5.90. The van der Waals surface area contributed by atoms with E-state index >= 15 is 0 Å². The summed E-state index contributed by atoms with van der Waals surface area (Å²) in [6.45, 7) is 8.39. The molecule has 11 nitrogen and oxygen atoms in total. The Bertz CT molecular complexity index is 1030. The third-order valence-corrected chi connectivity index (χ3v) is 4.57. The predicted octanol–water partition coefficient (Wildman–Crippen LogP) is 1.82. The number of nitro groups is 1. The van der Waals surface area contributed by atoms with Crippen LogP contribution in [0.15, 0.2) is 18.6 Å². The summed E-state index contributed by atoms with van der Waals surface area (Å²) in [4.78, 5) is 22.9. The number of rotatable bonds is 7. The van der Waals surface area contributed by atoms with E-state index in [1.165, 1.54) is 4.68 Å². The molecular formula is C17H22N8O3. The largest absolute Gasteiger partial charge is 0.322 e. The molecule has 0 aliphatic carbocycles. The van der Waals surface area contributed by atoms with Crippen molar-refractivity contribution in [3.05, 3.63) is 51.4 Å². The lowest BCUT2D eigenvalue weighted by Crippen LogP contribution is -2.20. The lowest BCUT2D eigenvalue weighted by molar-refractivity contribution is -0.386. The zero-order chi connectivity index (χ0) is 20.4. The van der Waals surface area contributed by atoms with Crippen LogP contribution in [-0.2, 0) is 24.4 Å². The minimum atomic E-state index is -0.487. The molecule has 0 saturated carbocycles. The summed E-state index contributed by atoms with van der Waals surface area (Å²) in [5.41, 5.74) is 3.24. The molecule has 11 heteroatoms. The fourth-order valence-electron chi connectivity index (χ4n) is 3.09. The SMILES string of the molecule is CCn1ncc(Cn2cc(NC(=O)Cn3nc(C)c([N+](=O)[O-])c3C)cn2)c1C. The lowest BCUT2D eigenvalue weighted by atomic mass is 10.2. The molecule has 3 heterocycles. The number of hydrogen-bond acceptors (Lipinski definition) is 6. The summed E-state index contributed by atoms with van der Waals surface area (Å²) in [6.07, 6.45) is 5.10. The fraction of sp³-hybridized carbons (Fsp3) is 0.412. The molecule has 0 fully saturated rings. The molecule has 0 atom stereocenters. The molecule has 3 rings (SSSR count). The second-order valence-corrected chi connectivity index (χ2v) is 6.48. The van der Waals surface area contributed by atoms with Crippen molar-refractivity contribution in [2.75, 3.05) is 5.32 Å². The van der Waals surface area contributed by atoms with Gasteiger partial charge in [0.15, 0.2) is 0 Å². The Morgan fingerprint density at radius 2 is 1.93 bits per heavy atom. The highest BCUT2D eigenvalue weighted by atomic mass is 16.6. The Hall–Kier alpha value is -3.50. The van der Waals surface area contributed by atoms with E-state index in [0.29, 0.717) is 17.9 Å². The van der Waals surface area contributed by atoms with Gasteiger partial charge in [0.1, 0.15) is 17.9 Å². The van der Waals surface area contributed by atoms with Crippen LogP contribution in [0.3, 0.4) is 0 Å². The van der Waals surface area contributed by atoms with E-state index in [1.54, 1.807) is 30.9 Å². The van der Waals surface area contributed by atoms with Gasteiger partial charge in [0, 0.05) is 24.0 Å². The van der Waals surface area contributed by atoms with Crippen LogP contribution in [0.1, 0.15) is 29.6 Å². The standard InChI is InChI=1S/C17H22N8O3/c1-5-23-12(3)14(6-19-23)8-22-9-15(7-18-22)20-16(26)10-24-13(4)17(25(27)28)11(2)21-24/h6-7,9H,5,8,10H2,1-4H3,(H,20,26). The number of aromatic nitrogens is 6. The molecule has 148 valence electrons. The van der Waals surface area contributed by atoms with Gasteiger partial charge in [-0.25, -0.2) is 0 Å². The van der Waals surface area contributed by atoms with E-state index in [4.69, 9.17) is 0 Å². The van der Waals surface area contributed by atoms with Crippen molar-refractivity contribution in [3.8, 4) is 0 Å². The zero-order valence-corrected chi connectivity index (χ0v) is 16.2. The van der Waals surface area contributed by atoms with Gasteiger partial charge >= 0.3 is 5.69 Å². The van der Waals surface area contributed by atoms with E-state index in [1.807, 2.05) is 24.7 Å². The van der Waals surface area contributed by atoms with Gasteiger partial charge in [-0.15, -0.1) is 0 Å². The molecule has 0 radical (unpaired) electrons. The van der Waals surface area contributed by atoms with E-state index in [2.05, 4.69) is 20.6 Å². The minimum Gasteiger partial charge on any atom is -0.322 e. The Morgan fingerprint density at radius 3 is 2.54 bits per heavy atom. The number of carbonyl (C=O) groups is 1. The number of nitrogens with zero attached hydrogens (tertiary/aromatic N) is 7. The van der Waals surface area contributed by atoms with Gasteiger partial charge in [-0.3, -0.25) is 29.0 Å². The molecule has 3 aromatic rings. The maximum Gasteiger partial charge on any atom is 0.312 e. The summed E-state index contributed by atoms with van der Waals surface area (Å²) < 4.78 is 4.96. The Kier molecular flexibility index (Phi) is 5.25. The summed E-state index contributed by atoms with van der Waals surface area (Å²) in [7, 11) is 0. The molecule has 1 amide bonds. The molecule has 0 aromatic carbocycles. The second kappa shape index (κ2) is 7.62. The fourth-order valence-corrected chi connectivity index (χ4v) is 3.09. The average Bonchev–Trinajstić information content (AvgIpc) is 3.28. The zero-order valence-electron chi connectivity index (χ0n) is 16.2.